The summed E-state index contributed by atoms with van der Waals surface area (Å²) in [6.45, 7) is 7.92. The van der Waals surface area contributed by atoms with Crippen LogP contribution in [0.4, 0.5) is 0 Å². The maximum absolute atomic E-state index is 12.7. The van der Waals surface area contributed by atoms with Crippen molar-refractivity contribution in [2.24, 2.45) is 5.92 Å². The fourth-order valence-electron chi connectivity index (χ4n) is 2.89. The van der Waals surface area contributed by atoms with E-state index in [4.69, 9.17) is 0 Å². The molecule has 1 N–H and O–H groups in total. The first-order chi connectivity index (χ1) is 12.2. The van der Waals surface area contributed by atoms with Gasteiger partial charge in [0.2, 0.25) is 0 Å². The molecule has 4 nitrogen and oxygen atoms in total. The van der Waals surface area contributed by atoms with Gasteiger partial charge in [-0.05, 0) is 37.5 Å². The number of hydrogen-bond acceptors (Lipinski definition) is 3. The third kappa shape index (κ3) is 4.52. The highest BCUT2D eigenvalue weighted by Gasteiger charge is 2.25. The van der Waals surface area contributed by atoms with Crippen molar-refractivity contribution < 1.29 is 13.2 Å². The van der Waals surface area contributed by atoms with Crippen LogP contribution in [0.25, 0.3) is 0 Å². The van der Waals surface area contributed by atoms with E-state index in [9.17, 15) is 13.2 Å². The van der Waals surface area contributed by atoms with Gasteiger partial charge in [0.25, 0.3) is 5.91 Å². The van der Waals surface area contributed by atoms with Crippen LogP contribution in [-0.4, -0.2) is 26.1 Å². The Kier molecular flexibility index (Phi) is 6.59. The lowest BCUT2D eigenvalue weighted by atomic mass is 9.88. The molecule has 0 heterocycles. The van der Waals surface area contributed by atoms with E-state index in [1.165, 1.54) is 6.07 Å². The zero-order chi connectivity index (χ0) is 19.3. The molecule has 2 aromatic carbocycles. The molecule has 0 fully saturated rings. The van der Waals surface area contributed by atoms with Crippen molar-refractivity contribution in [3.05, 3.63) is 65.7 Å². The van der Waals surface area contributed by atoms with Gasteiger partial charge in [-0.1, -0.05) is 56.3 Å². The lowest BCUT2D eigenvalue weighted by Crippen LogP contribution is -2.31. The van der Waals surface area contributed by atoms with E-state index in [-0.39, 0.29) is 22.3 Å². The largest absolute Gasteiger partial charge is 0.351 e. The molecule has 0 saturated carbocycles. The van der Waals surface area contributed by atoms with Crippen LogP contribution in [0.3, 0.4) is 0 Å². The summed E-state index contributed by atoms with van der Waals surface area (Å²) in [5.74, 6) is 0.146. The molecular formula is C21H27NO3S. The Labute approximate surface area is 156 Å². The number of carbonyl (C=O) groups excluding carboxylic acids is 1. The Morgan fingerprint density at radius 3 is 2.08 bits per heavy atom. The normalized spacial score (nSPS) is 13.0. The average Bonchev–Trinajstić information content (AvgIpc) is 2.62. The van der Waals surface area contributed by atoms with E-state index >= 15 is 0 Å². The number of amides is 1. The summed E-state index contributed by atoms with van der Waals surface area (Å²) in [5.41, 5.74) is 1.36. The average molecular weight is 374 g/mol. The number of carbonyl (C=O) groups is 1. The number of benzene rings is 2. The zero-order valence-corrected chi connectivity index (χ0v) is 16.6. The standard InChI is InChI=1S/C21H27NO3S/c1-15(2)19(17-10-6-5-7-11-17)14-22-21(23)18-12-8-9-13-20(18)26(24,25)16(3)4/h5-13,15-16,19H,14H2,1-4H3,(H,22,23). The van der Waals surface area contributed by atoms with Crippen LogP contribution in [0.1, 0.15) is 49.5 Å². The summed E-state index contributed by atoms with van der Waals surface area (Å²) < 4.78 is 25.1. The van der Waals surface area contributed by atoms with Crippen molar-refractivity contribution >= 4 is 15.7 Å². The molecule has 2 rings (SSSR count). The molecule has 1 amide bonds. The summed E-state index contributed by atoms with van der Waals surface area (Å²) in [6, 6.07) is 16.4. The van der Waals surface area contributed by atoms with Gasteiger partial charge in [-0.15, -0.1) is 0 Å². The van der Waals surface area contributed by atoms with Gasteiger partial charge >= 0.3 is 0 Å². The first-order valence-corrected chi connectivity index (χ1v) is 10.5. The number of sulfone groups is 1. The third-order valence-corrected chi connectivity index (χ3v) is 6.78. The lowest BCUT2D eigenvalue weighted by Gasteiger charge is -2.22. The summed E-state index contributed by atoms with van der Waals surface area (Å²) in [6.07, 6.45) is 0. The molecule has 0 aliphatic carbocycles. The van der Waals surface area contributed by atoms with Gasteiger partial charge in [0.1, 0.15) is 0 Å². The van der Waals surface area contributed by atoms with Gasteiger partial charge in [-0.2, -0.15) is 0 Å². The minimum absolute atomic E-state index is 0.0910. The molecule has 0 spiro atoms. The Balaban J connectivity index is 2.23. The molecule has 1 unspecified atom stereocenters. The second-order valence-corrected chi connectivity index (χ2v) is 9.53. The van der Waals surface area contributed by atoms with Gasteiger partial charge in [0.15, 0.2) is 9.84 Å². The highest BCUT2D eigenvalue weighted by atomic mass is 32.2. The van der Waals surface area contributed by atoms with Gasteiger partial charge in [0.05, 0.1) is 15.7 Å². The molecule has 0 radical (unpaired) electrons. The zero-order valence-electron chi connectivity index (χ0n) is 15.8. The SMILES string of the molecule is CC(C)C(CNC(=O)c1ccccc1S(=O)(=O)C(C)C)c1ccccc1. The predicted octanol–water partition coefficient (Wildman–Crippen LogP) is 4.04. The summed E-state index contributed by atoms with van der Waals surface area (Å²) in [4.78, 5) is 12.8. The van der Waals surface area contributed by atoms with Crippen molar-refractivity contribution in [1.82, 2.24) is 5.32 Å². The number of hydrogen-bond donors (Lipinski definition) is 1. The van der Waals surface area contributed by atoms with Gasteiger partial charge in [-0.3, -0.25) is 4.79 Å². The second-order valence-electron chi connectivity index (χ2n) is 7.06. The van der Waals surface area contributed by atoms with Crippen LogP contribution in [0.2, 0.25) is 0 Å². The summed E-state index contributed by atoms with van der Waals surface area (Å²) in [5, 5.41) is 2.35. The van der Waals surface area contributed by atoms with E-state index < -0.39 is 15.1 Å². The maximum atomic E-state index is 12.7. The van der Waals surface area contributed by atoms with E-state index in [1.54, 1.807) is 32.0 Å². The van der Waals surface area contributed by atoms with Crippen molar-refractivity contribution in [3.63, 3.8) is 0 Å². The molecule has 0 saturated heterocycles. The Bertz CT molecular complexity index is 843. The molecule has 140 valence electrons. The Morgan fingerprint density at radius 2 is 1.50 bits per heavy atom. The highest BCUT2D eigenvalue weighted by molar-refractivity contribution is 7.92. The number of rotatable bonds is 7. The van der Waals surface area contributed by atoms with E-state index in [0.717, 1.165) is 5.56 Å². The van der Waals surface area contributed by atoms with Crippen LogP contribution < -0.4 is 5.32 Å². The monoisotopic (exact) mass is 373 g/mol. The van der Waals surface area contributed by atoms with Crippen molar-refractivity contribution in [3.8, 4) is 0 Å². The third-order valence-electron chi connectivity index (χ3n) is 4.57. The fraction of sp³-hybridized carbons (Fsp3) is 0.381. The van der Waals surface area contributed by atoms with Crippen molar-refractivity contribution in [2.75, 3.05) is 6.54 Å². The van der Waals surface area contributed by atoms with E-state index in [2.05, 4.69) is 19.2 Å². The smallest absolute Gasteiger partial charge is 0.252 e. The minimum Gasteiger partial charge on any atom is -0.351 e. The molecular weight excluding hydrogens is 346 g/mol. The Morgan fingerprint density at radius 1 is 0.923 bits per heavy atom. The van der Waals surface area contributed by atoms with Gasteiger partial charge in [-0.25, -0.2) is 8.42 Å². The van der Waals surface area contributed by atoms with Crippen LogP contribution >= 0.6 is 0 Å². The summed E-state index contributed by atoms with van der Waals surface area (Å²) in [7, 11) is -3.52. The Hall–Kier alpha value is -2.14. The molecule has 0 aliphatic rings. The second kappa shape index (κ2) is 8.49. The van der Waals surface area contributed by atoms with Crippen molar-refractivity contribution in [1.29, 1.82) is 0 Å². The van der Waals surface area contributed by atoms with E-state index in [1.807, 2.05) is 30.3 Å². The van der Waals surface area contributed by atoms with E-state index in [0.29, 0.717) is 12.5 Å². The molecule has 0 aliphatic heterocycles. The lowest BCUT2D eigenvalue weighted by molar-refractivity contribution is 0.0946. The van der Waals surface area contributed by atoms with Crippen LogP contribution in [0.15, 0.2) is 59.5 Å². The quantitative estimate of drug-likeness (QED) is 0.797. The predicted molar refractivity (Wildman–Crippen MR) is 105 cm³/mol. The maximum Gasteiger partial charge on any atom is 0.252 e. The minimum atomic E-state index is -3.52. The molecule has 0 aromatic heterocycles. The van der Waals surface area contributed by atoms with Crippen LogP contribution in [0, 0.1) is 5.92 Å². The number of nitrogens with one attached hydrogen (secondary N) is 1. The van der Waals surface area contributed by atoms with Crippen molar-refractivity contribution in [2.45, 2.75) is 43.8 Å². The molecule has 2 aromatic rings. The highest BCUT2D eigenvalue weighted by Crippen LogP contribution is 2.24. The topological polar surface area (TPSA) is 63.2 Å². The first kappa shape index (κ1) is 20.2. The molecule has 26 heavy (non-hydrogen) atoms. The van der Waals surface area contributed by atoms with Crippen LogP contribution in [-0.2, 0) is 9.84 Å². The van der Waals surface area contributed by atoms with Gasteiger partial charge < -0.3 is 5.32 Å². The first-order valence-electron chi connectivity index (χ1n) is 8.91. The summed E-state index contributed by atoms with van der Waals surface area (Å²) >= 11 is 0. The van der Waals surface area contributed by atoms with Crippen LogP contribution in [0.5, 0.6) is 0 Å². The molecule has 1 atom stereocenters. The fourth-order valence-corrected chi connectivity index (χ4v) is 4.14. The molecule has 0 bridgehead atoms. The van der Waals surface area contributed by atoms with Gasteiger partial charge in [0, 0.05) is 12.5 Å². The molecule has 5 heteroatoms.